The Balaban J connectivity index is 2.95. The van der Waals surface area contributed by atoms with Crippen molar-refractivity contribution >= 4 is 11.9 Å². The number of allylic oxidation sites excluding steroid dienone is 3. The Hall–Kier alpha value is -1.18. The van der Waals surface area contributed by atoms with Crippen LogP contribution in [0.3, 0.4) is 0 Å². The van der Waals surface area contributed by atoms with Crippen molar-refractivity contribution in [2.45, 2.75) is 46.6 Å². The monoisotopic (exact) mass is 218 g/mol. The summed E-state index contributed by atoms with van der Waals surface area (Å²) in [6, 6.07) is 0.394. The van der Waals surface area contributed by atoms with Crippen LogP contribution in [0.2, 0.25) is 0 Å². The summed E-state index contributed by atoms with van der Waals surface area (Å²) in [5, 5.41) is 0. The first-order valence-electron chi connectivity index (χ1n) is 6.05. The Morgan fingerprint density at radius 3 is 2.81 bits per heavy atom. The van der Waals surface area contributed by atoms with E-state index in [0.29, 0.717) is 6.04 Å². The average Bonchev–Trinajstić information content (AvgIpc) is 2.28. The largest absolute Gasteiger partial charge is 0.293 e. The van der Waals surface area contributed by atoms with Gasteiger partial charge in [0.05, 0.1) is 5.71 Å². The zero-order valence-corrected chi connectivity index (χ0v) is 10.8. The molecule has 1 aliphatic rings. The third-order valence-corrected chi connectivity index (χ3v) is 2.60. The molecule has 0 saturated heterocycles. The molecule has 0 aliphatic carbocycles. The third-order valence-electron chi connectivity index (χ3n) is 2.60. The zero-order valence-electron chi connectivity index (χ0n) is 10.8. The summed E-state index contributed by atoms with van der Waals surface area (Å²) in [6.45, 7) is 9.45. The Labute approximate surface area is 98.9 Å². The summed E-state index contributed by atoms with van der Waals surface area (Å²) in [5.41, 5.74) is 3.75. The molecule has 0 amide bonds. The molecule has 0 spiro atoms. The van der Waals surface area contributed by atoms with E-state index in [1.54, 1.807) is 0 Å². The van der Waals surface area contributed by atoms with Crippen LogP contribution < -0.4 is 0 Å². The van der Waals surface area contributed by atoms with Crippen molar-refractivity contribution in [3.05, 3.63) is 23.3 Å². The average molecular weight is 218 g/mol. The highest BCUT2D eigenvalue weighted by molar-refractivity contribution is 6.10. The van der Waals surface area contributed by atoms with E-state index in [-0.39, 0.29) is 0 Å². The van der Waals surface area contributed by atoms with Gasteiger partial charge in [0.2, 0.25) is 0 Å². The minimum atomic E-state index is 0.394. The fourth-order valence-electron chi connectivity index (χ4n) is 1.51. The molecule has 0 bridgehead atoms. The standard InChI is InChI=1S/C14H22N2/c1-5-12(4)16-14(10-11(2)3)13-6-8-15-9-7-13/h6,8,10,12H,5,7,9H2,1-4H3. The maximum absolute atomic E-state index is 4.77. The molecule has 1 unspecified atom stereocenters. The second kappa shape index (κ2) is 6.41. The quantitative estimate of drug-likeness (QED) is 0.644. The smallest absolute Gasteiger partial charge is 0.0610 e. The molecule has 0 aromatic heterocycles. The molecular formula is C14H22N2. The van der Waals surface area contributed by atoms with E-state index in [9.17, 15) is 0 Å². The van der Waals surface area contributed by atoms with Gasteiger partial charge in [0.1, 0.15) is 0 Å². The second-order valence-corrected chi connectivity index (χ2v) is 4.49. The summed E-state index contributed by atoms with van der Waals surface area (Å²) >= 11 is 0. The summed E-state index contributed by atoms with van der Waals surface area (Å²) < 4.78 is 0. The van der Waals surface area contributed by atoms with Crippen LogP contribution in [0, 0.1) is 0 Å². The minimum absolute atomic E-state index is 0.394. The van der Waals surface area contributed by atoms with Crippen LogP contribution in [-0.4, -0.2) is 24.5 Å². The first-order chi connectivity index (χ1) is 7.63. The lowest BCUT2D eigenvalue weighted by atomic mass is 10.0. The number of aliphatic imine (C=N–C) groups is 2. The summed E-state index contributed by atoms with van der Waals surface area (Å²) in [7, 11) is 0. The number of rotatable bonds is 4. The van der Waals surface area contributed by atoms with E-state index in [2.05, 4.69) is 44.8 Å². The Morgan fingerprint density at radius 2 is 2.31 bits per heavy atom. The molecule has 1 atom stereocenters. The first-order valence-corrected chi connectivity index (χ1v) is 6.05. The molecule has 0 saturated carbocycles. The van der Waals surface area contributed by atoms with Gasteiger partial charge >= 0.3 is 0 Å². The lowest BCUT2D eigenvalue weighted by Gasteiger charge is -2.12. The normalized spacial score (nSPS) is 18.0. The predicted octanol–water partition coefficient (Wildman–Crippen LogP) is 3.59. The van der Waals surface area contributed by atoms with Gasteiger partial charge in [-0.2, -0.15) is 0 Å². The SMILES string of the molecule is CCC(C)N=C(C=C(C)C)C1=CC=NCC1. The Kier molecular flexibility index (Phi) is 5.17. The van der Waals surface area contributed by atoms with Gasteiger partial charge in [-0.25, -0.2) is 0 Å². The van der Waals surface area contributed by atoms with Crippen LogP contribution in [0.4, 0.5) is 0 Å². The van der Waals surface area contributed by atoms with Crippen molar-refractivity contribution < 1.29 is 0 Å². The highest BCUT2D eigenvalue weighted by Gasteiger charge is 2.07. The van der Waals surface area contributed by atoms with Gasteiger partial charge < -0.3 is 0 Å². The molecule has 2 nitrogen and oxygen atoms in total. The zero-order chi connectivity index (χ0) is 12.0. The highest BCUT2D eigenvalue weighted by atomic mass is 14.8. The molecule has 2 heteroatoms. The van der Waals surface area contributed by atoms with E-state index in [4.69, 9.17) is 4.99 Å². The van der Waals surface area contributed by atoms with Crippen molar-refractivity contribution in [1.82, 2.24) is 0 Å². The molecule has 0 N–H and O–H groups in total. The van der Waals surface area contributed by atoms with Crippen LogP contribution in [0.5, 0.6) is 0 Å². The topological polar surface area (TPSA) is 24.7 Å². The predicted molar refractivity (Wildman–Crippen MR) is 72.7 cm³/mol. The van der Waals surface area contributed by atoms with Crippen molar-refractivity contribution in [3.63, 3.8) is 0 Å². The number of nitrogens with zero attached hydrogens (tertiary/aromatic N) is 2. The molecule has 1 rings (SSSR count). The van der Waals surface area contributed by atoms with E-state index in [0.717, 1.165) is 25.1 Å². The second-order valence-electron chi connectivity index (χ2n) is 4.49. The van der Waals surface area contributed by atoms with Gasteiger partial charge in [-0.1, -0.05) is 12.5 Å². The van der Waals surface area contributed by atoms with Gasteiger partial charge in [0, 0.05) is 18.8 Å². The molecule has 0 aromatic carbocycles. The van der Waals surface area contributed by atoms with Crippen LogP contribution in [0.15, 0.2) is 33.3 Å². The lowest BCUT2D eigenvalue weighted by Crippen LogP contribution is -2.09. The third kappa shape index (κ3) is 4.13. The minimum Gasteiger partial charge on any atom is -0.293 e. The van der Waals surface area contributed by atoms with Crippen molar-refractivity contribution in [2.24, 2.45) is 9.98 Å². The molecule has 88 valence electrons. The van der Waals surface area contributed by atoms with E-state index >= 15 is 0 Å². The van der Waals surface area contributed by atoms with Crippen molar-refractivity contribution in [3.8, 4) is 0 Å². The van der Waals surface area contributed by atoms with Crippen LogP contribution in [0.25, 0.3) is 0 Å². The molecule has 0 fully saturated rings. The first kappa shape index (κ1) is 12.9. The number of hydrogen-bond donors (Lipinski definition) is 0. The fraction of sp³-hybridized carbons (Fsp3) is 0.571. The van der Waals surface area contributed by atoms with Crippen LogP contribution in [0.1, 0.15) is 40.5 Å². The fourth-order valence-corrected chi connectivity index (χ4v) is 1.51. The van der Waals surface area contributed by atoms with E-state index in [1.807, 2.05) is 6.21 Å². The maximum atomic E-state index is 4.77. The van der Waals surface area contributed by atoms with Crippen LogP contribution in [-0.2, 0) is 0 Å². The molecule has 0 aromatic rings. The number of hydrogen-bond acceptors (Lipinski definition) is 2. The number of dihydropyridines is 1. The molecule has 1 aliphatic heterocycles. The Morgan fingerprint density at radius 1 is 1.56 bits per heavy atom. The Bertz CT molecular complexity index is 342. The van der Waals surface area contributed by atoms with Crippen LogP contribution >= 0.6 is 0 Å². The maximum Gasteiger partial charge on any atom is 0.0610 e. The molecule has 1 heterocycles. The summed E-state index contributed by atoms with van der Waals surface area (Å²) in [6.07, 6.45) is 8.25. The lowest BCUT2D eigenvalue weighted by molar-refractivity contribution is 0.717. The van der Waals surface area contributed by atoms with Gasteiger partial charge in [0.15, 0.2) is 0 Å². The highest BCUT2D eigenvalue weighted by Crippen LogP contribution is 2.12. The molecule has 0 radical (unpaired) electrons. The van der Waals surface area contributed by atoms with Crippen molar-refractivity contribution in [2.75, 3.05) is 6.54 Å². The summed E-state index contributed by atoms with van der Waals surface area (Å²) in [5.74, 6) is 0. The molecular weight excluding hydrogens is 196 g/mol. The van der Waals surface area contributed by atoms with Gasteiger partial charge in [-0.15, -0.1) is 0 Å². The van der Waals surface area contributed by atoms with Gasteiger partial charge in [0.25, 0.3) is 0 Å². The summed E-state index contributed by atoms with van der Waals surface area (Å²) in [4.78, 5) is 8.98. The molecule has 16 heavy (non-hydrogen) atoms. The van der Waals surface area contributed by atoms with E-state index in [1.165, 1.54) is 11.1 Å². The van der Waals surface area contributed by atoms with E-state index < -0.39 is 0 Å². The van der Waals surface area contributed by atoms with Crippen molar-refractivity contribution in [1.29, 1.82) is 0 Å². The van der Waals surface area contributed by atoms with Gasteiger partial charge in [-0.05, 0) is 51.3 Å². The van der Waals surface area contributed by atoms with Gasteiger partial charge in [-0.3, -0.25) is 9.98 Å².